The Morgan fingerprint density at radius 2 is 1.95 bits per heavy atom. The first-order valence-corrected chi connectivity index (χ1v) is 7.01. The molecule has 1 aliphatic heterocycles. The number of morpholine rings is 1. The van der Waals surface area contributed by atoms with Gasteiger partial charge in [0.2, 0.25) is 0 Å². The van der Waals surface area contributed by atoms with E-state index in [0.717, 1.165) is 31.1 Å². The fraction of sp³-hybridized carbons (Fsp3) is 0.714. The van der Waals surface area contributed by atoms with Gasteiger partial charge in [0.1, 0.15) is 0 Å². The predicted octanol–water partition coefficient (Wildman–Crippen LogP) is 1.59. The van der Waals surface area contributed by atoms with Crippen molar-refractivity contribution >= 4 is 5.82 Å². The molecule has 0 radical (unpaired) electrons. The molecule has 0 bridgehead atoms. The smallest absolute Gasteiger partial charge is 0.151 e. The number of hydrogen-bond donors (Lipinski definition) is 1. The van der Waals surface area contributed by atoms with Gasteiger partial charge in [-0.15, -0.1) is 5.10 Å². The molecule has 5 nitrogen and oxygen atoms in total. The van der Waals surface area contributed by atoms with Crippen LogP contribution in [-0.4, -0.2) is 41.5 Å². The molecule has 2 heterocycles. The summed E-state index contributed by atoms with van der Waals surface area (Å²) in [6, 6.07) is 4.56. The summed E-state index contributed by atoms with van der Waals surface area (Å²) >= 11 is 0. The van der Waals surface area contributed by atoms with E-state index in [1.165, 1.54) is 0 Å². The quantitative estimate of drug-likeness (QED) is 0.895. The van der Waals surface area contributed by atoms with E-state index in [0.29, 0.717) is 6.04 Å². The van der Waals surface area contributed by atoms with Gasteiger partial charge in [-0.05, 0) is 26.0 Å². The number of rotatable bonds is 4. The van der Waals surface area contributed by atoms with Crippen molar-refractivity contribution in [2.24, 2.45) is 0 Å². The van der Waals surface area contributed by atoms with Crippen LogP contribution in [0.3, 0.4) is 0 Å². The minimum Gasteiger partial charge on any atom is -0.372 e. The molecule has 106 valence electrons. The first-order chi connectivity index (χ1) is 9.04. The van der Waals surface area contributed by atoms with Crippen LogP contribution in [0, 0.1) is 0 Å². The van der Waals surface area contributed by atoms with Crippen molar-refractivity contribution in [2.75, 3.05) is 18.0 Å². The van der Waals surface area contributed by atoms with Crippen LogP contribution in [-0.2, 0) is 11.3 Å². The van der Waals surface area contributed by atoms with Crippen molar-refractivity contribution in [2.45, 2.75) is 52.5 Å². The van der Waals surface area contributed by atoms with Gasteiger partial charge >= 0.3 is 0 Å². The second-order valence-electron chi connectivity index (χ2n) is 5.58. The fourth-order valence-electron chi connectivity index (χ4n) is 2.29. The predicted molar refractivity (Wildman–Crippen MR) is 76.2 cm³/mol. The molecule has 19 heavy (non-hydrogen) atoms. The Morgan fingerprint density at radius 3 is 2.47 bits per heavy atom. The summed E-state index contributed by atoms with van der Waals surface area (Å²) in [5.74, 6) is 0.940. The molecular weight excluding hydrogens is 240 g/mol. The second kappa shape index (κ2) is 6.30. The molecule has 1 fully saturated rings. The Hall–Kier alpha value is -1.20. The first kappa shape index (κ1) is 14.2. The lowest BCUT2D eigenvalue weighted by molar-refractivity contribution is -0.00550. The summed E-state index contributed by atoms with van der Waals surface area (Å²) in [4.78, 5) is 2.24. The van der Waals surface area contributed by atoms with E-state index in [4.69, 9.17) is 4.74 Å². The molecule has 1 aliphatic rings. The van der Waals surface area contributed by atoms with E-state index in [1.54, 1.807) is 0 Å². The van der Waals surface area contributed by atoms with Crippen molar-refractivity contribution < 1.29 is 4.74 Å². The van der Waals surface area contributed by atoms with Crippen LogP contribution in [0.15, 0.2) is 12.1 Å². The Morgan fingerprint density at radius 1 is 1.26 bits per heavy atom. The number of ether oxygens (including phenoxy) is 1. The van der Waals surface area contributed by atoms with Gasteiger partial charge in [-0.3, -0.25) is 0 Å². The highest BCUT2D eigenvalue weighted by Gasteiger charge is 2.23. The zero-order valence-corrected chi connectivity index (χ0v) is 12.3. The molecule has 0 spiro atoms. The van der Waals surface area contributed by atoms with Gasteiger partial charge in [-0.2, -0.15) is 5.10 Å². The third-order valence-electron chi connectivity index (χ3n) is 3.14. The standard InChI is InChI=1S/C14H24N4O/c1-10(2)15-7-13-5-6-14(17-16-13)18-8-11(3)19-12(4)9-18/h5-6,10-12,15H,7-9H2,1-4H3/t11-,12+. The van der Waals surface area contributed by atoms with Crippen molar-refractivity contribution in [1.82, 2.24) is 15.5 Å². The summed E-state index contributed by atoms with van der Waals surface area (Å²) in [6.45, 7) is 11.0. The maximum Gasteiger partial charge on any atom is 0.151 e. The largest absolute Gasteiger partial charge is 0.372 e. The molecule has 5 heteroatoms. The third kappa shape index (κ3) is 4.14. The highest BCUT2D eigenvalue weighted by molar-refractivity contribution is 5.38. The van der Waals surface area contributed by atoms with Gasteiger partial charge < -0.3 is 15.0 Å². The summed E-state index contributed by atoms with van der Waals surface area (Å²) in [7, 11) is 0. The number of nitrogens with zero attached hydrogens (tertiary/aromatic N) is 3. The molecule has 0 aromatic carbocycles. The molecule has 0 aliphatic carbocycles. The zero-order valence-electron chi connectivity index (χ0n) is 12.3. The highest BCUT2D eigenvalue weighted by atomic mass is 16.5. The lowest BCUT2D eigenvalue weighted by Crippen LogP contribution is -2.45. The van der Waals surface area contributed by atoms with Crippen molar-refractivity contribution in [3.8, 4) is 0 Å². The van der Waals surface area contributed by atoms with Crippen LogP contribution in [0.25, 0.3) is 0 Å². The minimum absolute atomic E-state index is 0.243. The monoisotopic (exact) mass is 264 g/mol. The first-order valence-electron chi connectivity index (χ1n) is 7.01. The Balaban J connectivity index is 1.97. The van der Waals surface area contributed by atoms with E-state index in [9.17, 15) is 0 Å². The zero-order chi connectivity index (χ0) is 13.8. The fourth-order valence-corrected chi connectivity index (χ4v) is 2.29. The van der Waals surface area contributed by atoms with Crippen molar-refractivity contribution in [1.29, 1.82) is 0 Å². The van der Waals surface area contributed by atoms with Crippen LogP contribution < -0.4 is 10.2 Å². The lowest BCUT2D eigenvalue weighted by atomic mass is 10.2. The van der Waals surface area contributed by atoms with Crippen LogP contribution in [0.1, 0.15) is 33.4 Å². The molecule has 2 rings (SSSR count). The highest BCUT2D eigenvalue weighted by Crippen LogP contribution is 2.17. The van der Waals surface area contributed by atoms with E-state index >= 15 is 0 Å². The maximum absolute atomic E-state index is 5.73. The number of nitrogens with one attached hydrogen (secondary N) is 1. The molecule has 1 aromatic rings. The van der Waals surface area contributed by atoms with Gasteiger partial charge in [0, 0.05) is 25.7 Å². The van der Waals surface area contributed by atoms with Gasteiger partial charge in [-0.1, -0.05) is 13.8 Å². The van der Waals surface area contributed by atoms with E-state index < -0.39 is 0 Å². The normalized spacial score (nSPS) is 23.9. The number of hydrogen-bond acceptors (Lipinski definition) is 5. The summed E-state index contributed by atoms with van der Waals surface area (Å²) < 4.78 is 5.73. The summed E-state index contributed by atoms with van der Waals surface area (Å²) in [5.41, 5.74) is 0.979. The number of anilines is 1. The van der Waals surface area contributed by atoms with Crippen LogP contribution in [0.5, 0.6) is 0 Å². The Labute approximate surface area is 115 Å². The average molecular weight is 264 g/mol. The Kier molecular flexibility index (Phi) is 4.71. The molecule has 1 aromatic heterocycles. The summed E-state index contributed by atoms with van der Waals surface area (Å²) in [6.07, 6.45) is 0.487. The van der Waals surface area contributed by atoms with Gasteiger partial charge in [0.15, 0.2) is 5.82 Å². The lowest BCUT2D eigenvalue weighted by Gasteiger charge is -2.35. The summed E-state index contributed by atoms with van der Waals surface area (Å²) in [5, 5.41) is 11.9. The van der Waals surface area contributed by atoms with E-state index in [1.807, 2.05) is 6.07 Å². The average Bonchev–Trinajstić information content (AvgIpc) is 2.36. The van der Waals surface area contributed by atoms with Crippen LogP contribution >= 0.6 is 0 Å². The van der Waals surface area contributed by atoms with Crippen molar-refractivity contribution in [3.63, 3.8) is 0 Å². The SMILES string of the molecule is CC(C)NCc1ccc(N2C[C@@H](C)O[C@@H](C)C2)nn1. The topological polar surface area (TPSA) is 50.3 Å². The third-order valence-corrected chi connectivity index (χ3v) is 3.14. The molecule has 0 saturated carbocycles. The minimum atomic E-state index is 0.243. The molecule has 0 unspecified atom stereocenters. The van der Waals surface area contributed by atoms with Crippen molar-refractivity contribution in [3.05, 3.63) is 17.8 Å². The maximum atomic E-state index is 5.73. The van der Waals surface area contributed by atoms with Gasteiger partial charge in [0.25, 0.3) is 0 Å². The molecular formula is C14H24N4O. The molecule has 1 saturated heterocycles. The second-order valence-corrected chi connectivity index (χ2v) is 5.58. The van der Waals surface area contributed by atoms with E-state index in [-0.39, 0.29) is 12.2 Å². The van der Waals surface area contributed by atoms with Gasteiger partial charge in [0.05, 0.1) is 17.9 Å². The number of aromatic nitrogens is 2. The van der Waals surface area contributed by atoms with Gasteiger partial charge in [-0.25, -0.2) is 0 Å². The van der Waals surface area contributed by atoms with Crippen LogP contribution in [0.2, 0.25) is 0 Å². The molecule has 1 N–H and O–H groups in total. The Bertz CT molecular complexity index is 383. The van der Waals surface area contributed by atoms with E-state index in [2.05, 4.69) is 54.2 Å². The molecule has 2 atom stereocenters. The van der Waals surface area contributed by atoms with Crippen LogP contribution in [0.4, 0.5) is 5.82 Å². The molecule has 0 amide bonds.